The molecule has 0 N–H and O–H groups in total. The molecule has 0 aliphatic heterocycles. The lowest BCUT2D eigenvalue weighted by Crippen LogP contribution is -2.07. The smallest absolute Gasteiger partial charge is 0.312 e. The molecule has 2 aromatic rings. The van der Waals surface area contributed by atoms with Crippen LogP contribution in [0.4, 0.5) is 4.39 Å². The van der Waals surface area contributed by atoms with Gasteiger partial charge in [-0.3, -0.25) is 4.79 Å². The number of hydrogen-bond donors (Lipinski definition) is 0. The van der Waals surface area contributed by atoms with Gasteiger partial charge in [-0.25, -0.2) is 9.37 Å². The molecule has 0 radical (unpaired) electrons. The molecule has 1 aromatic carbocycles. The number of nitrogens with zero attached hydrogens (tertiary/aromatic N) is 1. The average molecular weight is 304 g/mol. The third-order valence-corrected chi connectivity index (χ3v) is 2.79. The lowest BCUT2D eigenvalue weighted by molar-refractivity contribution is -0.134. The molecule has 0 aliphatic rings. The van der Waals surface area contributed by atoms with Gasteiger partial charge in [-0.05, 0) is 30.2 Å². The van der Waals surface area contributed by atoms with Gasteiger partial charge in [0, 0.05) is 12.6 Å². The second-order valence-corrected chi connectivity index (χ2v) is 4.45. The number of hydrogen-bond acceptors (Lipinski definition) is 3. The van der Waals surface area contributed by atoms with E-state index in [9.17, 15) is 9.18 Å². The highest BCUT2D eigenvalue weighted by Crippen LogP contribution is 2.23. The molecule has 3 nitrogen and oxygen atoms in total. The summed E-state index contributed by atoms with van der Waals surface area (Å²) in [4.78, 5) is 15.4. The van der Waals surface area contributed by atoms with Gasteiger partial charge < -0.3 is 4.74 Å². The maximum Gasteiger partial charge on any atom is 0.312 e. The SMILES string of the molecule is O=C(CCC#Cc1ncccc1F)Oc1ccccc1Cl. The summed E-state index contributed by atoms with van der Waals surface area (Å²) in [6.45, 7) is 0. The van der Waals surface area contributed by atoms with E-state index in [1.807, 2.05) is 0 Å². The summed E-state index contributed by atoms with van der Waals surface area (Å²) in [7, 11) is 0. The number of ether oxygens (including phenoxy) is 1. The molecule has 0 saturated carbocycles. The summed E-state index contributed by atoms with van der Waals surface area (Å²) >= 11 is 5.87. The van der Waals surface area contributed by atoms with E-state index < -0.39 is 11.8 Å². The molecular formula is C16H11ClFNO2. The molecule has 1 heterocycles. The minimum absolute atomic E-state index is 0.0666. The Bertz CT molecular complexity index is 707. The minimum Gasteiger partial charge on any atom is -0.425 e. The van der Waals surface area contributed by atoms with Crippen molar-refractivity contribution in [3.8, 4) is 17.6 Å². The first-order valence-corrected chi connectivity index (χ1v) is 6.59. The fourth-order valence-corrected chi connectivity index (χ4v) is 1.66. The maximum atomic E-state index is 13.2. The second kappa shape index (κ2) is 7.41. The molecular weight excluding hydrogens is 293 g/mol. The van der Waals surface area contributed by atoms with Gasteiger partial charge in [0.1, 0.15) is 11.4 Å². The Morgan fingerprint density at radius 3 is 2.86 bits per heavy atom. The van der Waals surface area contributed by atoms with Crippen LogP contribution < -0.4 is 4.74 Å². The van der Waals surface area contributed by atoms with Crippen LogP contribution in [0.2, 0.25) is 5.02 Å². The van der Waals surface area contributed by atoms with Crippen molar-refractivity contribution in [3.05, 3.63) is 59.1 Å². The van der Waals surface area contributed by atoms with Crippen LogP contribution in [0, 0.1) is 17.7 Å². The molecule has 1 aromatic heterocycles. The Labute approximate surface area is 126 Å². The molecule has 0 bridgehead atoms. The number of esters is 1. The van der Waals surface area contributed by atoms with Crippen molar-refractivity contribution in [1.29, 1.82) is 0 Å². The van der Waals surface area contributed by atoms with Crippen LogP contribution in [0.5, 0.6) is 5.75 Å². The van der Waals surface area contributed by atoms with Crippen molar-refractivity contribution < 1.29 is 13.9 Å². The molecule has 0 spiro atoms. The molecule has 2 rings (SSSR count). The molecule has 21 heavy (non-hydrogen) atoms. The van der Waals surface area contributed by atoms with Crippen molar-refractivity contribution >= 4 is 17.6 Å². The zero-order valence-electron chi connectivity index (χ0n) is 11.0. The monoisotopic (exact) mass is 303 g/mol. The molecule has 5 heteroatoms. The standard InChI is InChI=1S/C16H11ClFNO2/c17-12-6-1-3-9-15(12)21-16(20)10-4-2-8-14-13(18)7-5-11-19-14/h1,3,5-7,9,11H,4,10H2. The molecule has 0 aliphatic carbocycles. The molecule has 106 valence electrons. The number of carbonyl (C=O) groups excluding carboxylic acids is 1. The van der Waals surface area contributed by atoms with E-state index in [-0.39, 0.29) is 18.5 Å². The third kappa shape index (κ3) is 4.59. The van der Waals surface area contributed by atoms with Crippen LogP contribution in [-0.2, 0) is 4.79 Å². The Hall–Kier alpha value is -2.38. The van der Waals surface area contributed by atoms with E-state index in [0.717, 1.165) is 0 Å². The normalized spacial score (nSPS) is 9.62. The van der Waals surface area contributed by atoms with Crippen LogP contribution in [0.25, 0.3) is 0 Å². The Morgan fingerprint density at radius 2 is 2.10 bits per heavy atom. The predicted molar refractivity (Wildman–Crippen MR) is 77.4 cm³/mol. The molecule has 0 unspecified atom stereocenters. The summed E-state index contributed by atoms with van der Waals surface area (Å²) in [5.74, 6) is 4.65. The van der Waals surface area contributed by atoms with Crippen LogP contribution in [0.1, 0.15) is 18.5 Å². The first-order valence-electron chi connectivity index (χ1n) is 6.21. The number of para-hydroxylation sites is 1. The summed E-state index contributed by atoms with van der Waals surface area (Å²) in [5, 5.41) is 0.368. The number of rotatable bonds is 3. The fraction of sp³-hybridized carbons (Fsp3) is 0.125. The topological polar surface area (TPSA) is 39.2 Å². The summed E-state index contributed by atoms with van der Waals surface area (Å²) in [6, 6.07) is 9.47. The highest BCUT2D eigenvalue weighted by Gasteiger charge is 2.06. The van der Waals surface area contributed by atoms with Crippen molar-refractivity contribution in [2.45, 2.75) is 12.8 Å². The highest BCUT2D eigenvalue weighted by molar-refractivity contribution is 6.32. The van der Waals surface area contributed by atoms with Gasteiger partial charge in [-0.1, -0.05) is 29.7 Å². The van der Waals surface area contributed by atoms with Gasteiger partial charge >= 0.3 is 5.97 Å². The highest BCUT2D eigenvalue weighted by atomic mass is 35.5. The Morgan fingerprint density at radius 1 is 1.29 bits per heavy atom. The van der Waals surface area contributed by atoms with E-state index >= 15 is 0 Å². The molecule has 0 amide bonds. The summed E-state index contributed by atoms with van der Waals surface area (Å²) in [6.07, 6.45) is 1.80. The van der Waals surface area contributed by atoms with Gasteiger partial charge in [-0.15, -0.1) is 0 Å². The van der Waals surface area contributed by atoms with E-state index in [4.69, 9.17) is 16.3 Å². The molecule has 0 fully saturated rings. The average Bonchev–Trinajstić information content (AvgIpc) is 2.48. The van der Waals surface area contributed by atoms with E-state index in [1.54, 1.807) is 24.3 Å². The quantitative estimate of drug-likeness (QED) is 0.494. The first kappa shape index (κ1) is 15.0. The first-order chi connectivity index (χ1) is 10.2. The summed E-state index contributed by atoms with van der Waals surface area (Å²) < 4.78 is 18.3. The Kier molecular flexibility index (Phi) is 5.30. The number of halogens is 2. The fourth-order valence-electron chi connectivity index (χ4n) is 1.49. The third-order valence-electron chi connectivity index (χ3n) is 2.48. The van der Waals surface area contributed by atoms with Gasteiger partial charge in [0.2, 0.25) is 0 Å². The van der Waals surface area contributed by atoms with Gasteiger partial charge in [-0.2, -0.15) is 0 Å². The number of aromatic nitrogens is 1. The van der Waals surface area contributed by atoms with Crippen molar-refractivity contribution in [2.75, 3.05) is 0 Å². The van der Waals surface area contributed by atoms with Crippen molar-refractivity contribution in [1.82, 2.24) is 4.98 Å². The zero-order chi connectivity index (χ0) is 15.1. The van der Waals surface area contributed by atoms with E-state index in [0.29, 0.717) is 10.8 Å². The number of pyridine rings is 1. The predicted octanol–water partition coefficient (Wildman–Crippen LogP) is 3.61. The molecule has 0 atom stereocenters. The minimum atomic E-state index is -0.483. The molecule has 0 saturated heterocycles. The largest absolute Gasteiger partial charge is 0.425 e. The van der Waals surface area contributed by atoms with Crippen LogP contribution in [-0.4, -0.2) is 11.0 Å². The van der Waals surface area contributed by atoms with Gasteiger partial charge in [0.05, 0.1) is 11.4 Å². The van der Waals surface area contributed by atoms with Crippen LogP contribution in [0.15, 0.2) is 42.6 Å². The van der Waals surface area contributed by atoms with E-state index in [1.165, 1.54) is 18.3 Å². The summed E-state index contributed by atoms with van der Waals surface area (Å²) in [5.41, 5.74) is 0.0666. The van der Waals surface area contributed by atoms with E-state index in [2.05, 4.69) is 16.8 Å². The van der Waals surface area contributed by atoms with Crippen LogP contribution >= 0.6 is 11.6 Å². The van der Waals surface area contributed by atoms with Crippen molar-refractivity contribution in [2.24, 2.45) is 0 Å². The van der Waals surface area contributed by atoms with Gasteiger partial charge in [0.25, 0.3) is 0 Å². The van der Waals surface area contributed by atoms with Gasteiger partial charge in [0.15, 0.2) is 5.82 Å². The van der Waals surface area contributed by atoms with Crippen molar-refractivity contribution in [3.63, 3.8) is 0 Å². The number of carbonyl (C=O) groups is 1. The zero-order valence-corrected chi connectivity index (χ0v) is 11.7. The number of benzene rings is 1. The maximum absolute atomic E-state index is 13.2. The second-order valence-electron chi connectivity index (χ2n) is 4.04. The lowest BCUT2D eigenvalue weighted by Gasteiger charge is -2.04. The Balaban J connectivity index is 1.86. The van der Waals surface area contributed by atoms with Crippen LogP contribution in [0.3, 0.4) is 0 Å². The lowest BCUT2D eigenvalue weighted by atomic mass is 10.3.